The van der Waals surface area contributed by atoms with E-state index in [0.717, 1.165) is 5.56 Å². The molecule has 2 amide bonds. The minimum absolute atomic E-state index is 0.0994. The highest BCUT2D eigenvalue weighted by Gasteiger charge is 2.37. The number of carbonyl (C=O) groups excluding carboxylic acids is 2. The Morgan fingerprint density at radius 2 is 1.94 bits per heavy atom. The number of aliphatic carboxylic acids is 1. The normalized spacial score (nSPS) is 18.7. The lowest BCUT2D eigenvalue weighted by atomic mass is 10.1. The van der Waals surface area contributed by atoms with Crippen molar-refractivity contribution in [1.29, 1.82) is 0 Å². The fourth-order valence-corrected chi connectivity index (χ4v) is 3.24. The summed E-state index contributed by atoms with van der Waals surface area (Å²) in [5, 5.41) is 11.6. The Hall–Kier alpha value is -3.03. The molecule has 0 spiro atoms. The van der Waals surface area contributed by atoms with Gasteiger partial charge in [-0.1, -0.05) is 42.5 Å². The van der Waals surface area contributed by atoms with E-state index in [1.807, 2.05) is 42.5 Å². The third kappa shape index (κ3) is 9.11. The Labute approximate surface area is 183 Å². The number of carboxylic acids is 1. The van der Waals surface area contributed by atoms with Crippen LogP contribution in [0, 0.1) is 0 Å². The van der Waals surface area contributed by atoms with Gasteiger partial charge in [0.15, 0.2) is 0 Å². The molecule has 2 N–H and O–H groups in total. The molecule has 1 heterocycles. The number of benzene rings is 1. The Balaban J connectivity index is 1.93. The number of likely N-dealkylation sites (tertiary alicyclic amines) is 1. The van der Waals surface area contributed by atoms with Crippen molar-refractivity contribution in [3.05, 3.63) is 48.0 Å². The number of alkyl carbamates (subject to hydrolysis) is 1. The van der Waals surface area contributed by atoms with E-state index in [-0.39, 0.29) is 25.1 Å². The second kappa shape index (κ2) is 11.4. The van der Waals surface area contributed by atoms with E-state index in [2.05, 4.69) is 5.32 Å². The minimum Gasteiger partial charge on any atom is -0.481 e. The van der Waals surface area contributed by atoms with E-state index in [9.17, 15) is 14.4 Å². The summed E-state index contributed by atoms with van der Waals surface area (Å²) in [7, 11) is 0. The van der Waals surface area contributed by atoms with Gasteiger partial charge in [0.2, 0.25) is 0 Å². The first-order valence-electron chi connectivity index (χ1n) is 10.5. The quantitative estimate of drug-likeness (QED) is 0.473. The number of hydrogen-bond acceptors (Lipinski definition) is 5. The van der Waals surface area contributed by atoms with Gasteiger partial charge in [-0.2, -0.15) is 0 Å². The van der Waals surface area contributed by atoms with Crippen LogP contribution in [0.15, 0.2) is 42.5 Å². The third-order valence-corrected chi connectivity index (χ3v) is 4.63. The Morgan fingerprint density at radius 3 is 2.58 bits per heavy atom. The highest BCUT2D eigenvalue weighted by Crippen LogP contribution is 2.23. The van der Waals surface area contributed by atoms with E-state index in [4.69, 9.17) is 14.6 Å². The largest absolute Gasteiger partial charge is 0.481 e. The third-order valence-electron chi connectivity index (χ3n) is 4.63. The zero-order chi connectivity index (χ0) is 22.9. The van der Waals surface area contributed by atoms with Gasteiger partial charge in [0.1, 0.15) is 12.2 Å². The van der Waals surface area contributed by atoms with Crippen molar-refractivity contribution >= 4 is 18.2 Å². The summed E-state index contributed by atoms with van der Waals surface area (Å²) in [5.74, 6) is -0.831. The molecule has 2 rings (SSSR count). The van der Waals surface area contributed by atoms with Gasteiger partial charge >= 0.3 is 18.2 Å². The molecule has 8 heteroatoms. The summed E-state index contributed by atoms with van der Waals surface area (Å²) in [6.45, 7) is 5.87. The number of amides is 2. The SMILES string of the molecule is CC(C)(C)OC(=O)N1C[C@H](NC(=O)OCc2ccccc2)C[C@H]1C=CCCCC(=O)O. The van der Waals surface area contributed by atoms with Gasteiger partial charge in [-0.3, -0.25) is 9.69 Å². The number of carbonyl (C=O) groups is 3. The van der Waals surface area contributed by atoms with Gasteiger partial charge < -0.3 is 19.9 Å². The maximum absolute atomic E-state index is 12.6. The second-order valence-electron chi connectivity index (χ2n) is 8.55. The molecule has 0 bridgehead atoms. The van der Waals surface area contributed by atoms with Crippen LogP contribution in [0.2, 0.25) is 0 Å². The molecular weight excluding hydrogens is 400 g/mol. The van der Waals surface area contributed by atoms with Crippen LogP contribution in [0.5, 0.6) is 0 Å². The van der Waals surface area contributed by atoms with Gasteiger partial charge in [-0.25, -0.2) is 9.59 Å². The molecule has 0 saturated carbocycles. The lowest BCUT2D eigenvalue weighted by Gasteiger charge is -2.27. The number of hydrogen-bond donors (Lipinski definition) is 2. The number of rotatable bonds is 8. The van der Waals surface area contributed by atoms with Gasteiger partial charge in [0, 0.05) is 13.0 Å². The van der Waals surface area contributed by atoms with Crippen molar-refractivity contribution < 1.29 is 29.0 Å². The summed E-state index contributed by atoms with van der Waals surface area (Å²) < 4.78 is 10.8. The van der Waals surface area contributed by atoms with Gasteiger partial charge in [0.05, 0.1) is 12.1 Å². The average Bonchev–Trinajstić information content (AvgIpc) is 3.08. The Morgan fingerprint density at radius 1 is 1.23 bits per heavy atom. The predicted molar refractivity (Wildman–Crippen MR) is 116 cm³/mol. The molecule has 1 aromatic carbocycles. The molecule has 0 aromatic heterocycles. The number of ether oxygens (including phenoxy) is 2. The van der Waals surface area contributed by atoms with Gasteiger partial charge in [0.25, 0.3) is 0 Å². The summed E-state index contributed by atoms with van der Waals surface area (Å²) in [5.41, 5.74) is 0.258. The maximum Gasteiger partial charge on any atom is 0.410 e. The summed E-state index contributed by atoms with van der Waals surface area (Å²) in [6, 6.07) is 8.86. The molecule has 1 aromatic rings. The summed E-state index contributed by atoms with van der Waals surface area (Å²) in [6.07, 6.45) is 4.51. The van der Waals surface area contributed by atoms with Crippen LogP contribution in [-0.4, -0.2) is 52.4 Å². The highest BCUT2D eigenvalue weighted by atomic mass is 16.6. The number of allylic oxidation sites excluding steroid dienone is 1. The molecule has 1 aliphatic heterocycles. The van der Waals surface area contributed by atoms with Crippen LogP contribution in [0.25, 0.3) is 0 Å². The smallest absolute Gasteiger partial charge is 0.410 e. The fourth-order valence-electron chi connectivity index (χ4n) is 3.24. The predicted octanol–water partition coefficient (Wildman–Crippen LogP) is 4.10. The molecular formula is C23H32N2O6. The molecule has 1 saturated heterocycles. The van der Waals surface area contributed by atoms with Crippen LogP contribution in [0.4, 0.5) is 9.59 Å². The molecule has 0 unspecified atom stereocenters. The number of unbranched alkanes of at least 4 members (excludes halogenated alkanes) is 1. The number of nitrogens with zero attached hydrogens (tertiary/aromatic N) is 1. The zero-order valence-electron chi connectivity index (χ0n) is 18.4. The van der Waals surface area contributed by atoms with Crippen LogP contribution in [0.1, 0.15) is 52.0 Å². The van der Waals surface area contributed by atoms with Gasteiger partial charge in [-0.05, 0) is 45.6 Å². The van der Waals surface area contributed by atoms with Gasteiger partial charge in [-0.15, -0.1) is 0 Å². The van der Waals surface area contributed by atoms with Crippen LogP contribution < -0.4 is 5.32 Å². The number of nitrogens with one attached hydrogen (secondary N) is 1. The monoisotopic (exact) mass is 432 g/mol. The first kappa shape index (κ1) is 24.2. The van der Waals surface area contributed by atoms with Crippen LogP contribution in [0.3, 0.4) is 0 Å². The Bertz CT molecular complexity index is 772. The molecule has 1 aliphatic rings. The number of carboxylic acid groups (broad SMARTS) is 1. The van der Waals surface area contributed by atoms with Crippen molar-refractivity contribution in [2.24, 2.45) is 0 Å². The second-order valence-corrected chi connectivity index (χ2v) is 8.55. The molecule has 0 radical (unpaired) electrons. The van der Waals surface area contributed by atoms with E-state index in [0.29, 0.717) is 25.8 Å². The summed E-state index contributed by atoms with van der Waals surface area (Å²) in [4.78, 5) is 37.1. The van der Waals surface area contributed by atoms with Crippen LogP contribution in [-0.2, 0) is 20.9 Å². The molecule has 8 nitrogen and oxygen atoms in total. The van der Waals surface area contributed by atoms with Crippen molar-refractivity contribution in [1.82, 2.24) is 10.2 Å². The highest BCUT2D eigenvalue weighted by molar-refractivity contribution is 5.71. The molecule has 1 fully saturated rings. The van der Waals surface area contributed by atoms with E-state index in [1.54, 1.807) is 25.7 Å². The standard InChI is InChI=1S/C23H32N2O6/c1-23(2,3)31-22(29)25-15-18(14-19(25)12-8-5-9-13-20(26)27)24-21(28)30-16-17-10-6-4-7-11-17/h4,6-8,10-12,18-19H,5,9,13-16H2,1-3H3,(H,24,28)(H,26,27)/t18-,19-/m1/s1. The van der Waals surface area contributed by atoms with E-state index in [1.165, 1.54) is 0 Å². The van der Waals surface area contributed by atoms with E-state index >= 15 is 0 Å². The van der Waals surface area contributed by atoms with Crippen LogP contribution >= 0.6 is 0 Å². The topological polar surface area (TPSA) is 105 Å². The molecule has 2 atom stereocenters. The van der Waals surface area contributed by atoms with Crippen molar-refractivity contribution in [3.8, 4) is 0 Å². The van der Waals surface area contributed by atoms with Crippen molar-refractivity contribution in [2.75, 3.05) is 6.54 Å². The average molecular weight is 433 g/mol. The molecule has 31 heavy (non-hydrogen) atoms. The lowest BCUT2D eigenvalue weighted by molar-refractivity contribution is -0.137. The van der Waals surface area contributed by atoms with E-state index < -0.39 is 23.8 Å². The Kier molecular flexibility index (Phi) is 8.90. The van der Waals surface area contributed by atoms with Crippen molar-refractivity contribution in [2.45, 2.75) is 70.7 Å². The fraction of sp³-hybridized carbons (Fsp3) is 0.522. The minimum atomic E-state index is -0.831. The first-order valence-corrected chi connectivity index (χ1v) is 10.5. The summed E-state index contributed by atoms with van der Waals surface area (Å²) >= 11 is 0. The molecule has 0 aliphatic carbocycles. The van der Waals surface area contributed by atoms with Crippen molar-refractivity contribution in [3.63, 3.8) is 0 Å². The first-order chi connectivity index (χ1) is 14.6. The zero-order valence-corrected chi connectivity index (χ0v) is 18.4. The molecule has 170 valence electrons. The maximum atomic E-state index is 12.6. The lowest BCUT2D eigenvalue weighted by Crippen LogP contribution is -2.41.